The van der Waals surface area contributed by atoms with Gasteiger partial charge in [0.1, 0.15) is 5.58 Å². The van der Waals surface area contributed by atoms with Crippen LogP contribution < -0.4 is 4.90 Å². The van der Waals surface area contributed by atoms with Gasteiger partial charge in [0.15, 0.2) is 0 Å². The Morgan fingerprint density at radius 2 is 1.19 bits per heavy atom. The highest BCUT2D eigenvalue weighted by molar-refractivity contribution is 7.25. The Morgan fingerprint density at radius 3 is 2.07 bits per heavy atom. The van der Waals surface area contributed by atoms with Gasteiger partial charge in [0.05, 0.1) is 17.3 Å². The molecule has 0 amide bonds. The Kier molecular flexibility index (Phi) is 5.37. The van der Waals surface area contributed by atoms with E-state index in [4.69, 9.17) is 9.40 Å². The van der Waals surface area contributed by atoms with Crippen molar-refractivity contribution in [1.82, 2.24) is 4.98 Å². The van der Waals surface area contributed by atoms with Gasteiger partial charge in [-0.05, 0) is 65.0 Å². The third kappa shape index (κ3) is 3.92. The van der Waals surface area contributed by atoms with E-state index in [0.717, 1.165) is 44.2 Å². The van der Waals surface area contributed by atoms with Crippen LogP contribution in [-0.4, -0.2) is 4.98 Å². The molecule has 43 heavy (non-hydrogen) atoms. The predicted octanol–water partition coefficient (Wildman–Crippen LogP) is 11.6. The molecule has 3 nitrogen and oxygen atoms in total. The quantitative estimate of drug-likeness (QED) is 0.211. The van der Waals surface area contributed by atoms with Crippen LogP contribution in [0.2, 0.25) is 0 Å². The molecule has 0 spiro atoms. The van der Waals surface area contributed by atoms with Crippen LogP contribution in [0.3, 0.4) is 0 Å². The molecular weight excluding hydrogens is 545 g/mol. The van der Waals surface area contributed by atoms with E-state index in [2.05, 4.69) is 144 Å². The summed E-state index contributed by atoms with van der Waals surface area (Å²) < 4.78 is 8.93. The number of hydrogen-bond acceptors (Lipinski definition) is 4. The Balaban J connectivity index is 1.25. The summed E-state index contributed by atoms with van der Waals surface area (Å²) in [5.74, 6) is 0. The number of rotatable bonds is 4. The van der Waals surface area contributed by atoms with E-state index < -0.39 is 0 Å². The van der Waals surface area contributed by atoms with Crippen molar-refractivity contribution in [3.63, 3.8) is 0 Å². The highest BCUT2D eigenvalue weighted by atomic mass is 32.1. The zero-order valence-corrected chi connectivity index (χ0v) is 23.9. The lowest BCUT2D eigenvalue weighted by Crippen LogP contribution is -2.10. The van der Waals surface area contributed by atoms with Crippen LogP contribution in [0.5, 0.6) is 0 Å². The van der Waals surface area contributed by atoms with Gasteiger partial charge in [0.2, 0.25) is 5.71 Å². The normalized spacial score (nSPS) is 11.7. The first-order valence-corrected chi connectivity index (χ1v) is 15.2. The standard InChI is InChI=1S/C39H24N2OS/c1-2-8-25(9-3-1)26-14-17-28(18-15-26)41(29-19-21-37-34(22-29)32-12-6-7-13-36(32)43-37)30-23-35-33-20-16-27-10-4-5-11-31(27)38(33)42-39(35)40-24-30/h1-24H. The minimum atomic E-state index is 0.647. The molecule has 0 fully saturated rings. The molecule has 0 aliphatic carbocycles. The maximum atomic E-state index is 6.34. The van der Waals surface area contributed by atoms with E-state index in [0.29, 0.717) is 5.71 Å². The van der Waals surface area contributed by atoms with Gasteiger partial charge in [-0.1, -0.05) is 91.0 Å². The van der Waals surface area contributed by atoms with E-state index in [-0.39, 0.29) is 0 Å². The number of furan rings is 1. The van der Waals surface area contributed by atoms with Crippen LogP contribution >= 0.6 is 11.3 Å². The monoisotopic (exact) mass is 568 g/mol. The average Bonchev–Trinajstić information content (AvgIpc) is 3.64. The van der Waals surface area contributed by atoms with Crippen molar-refractivity contribution in [1.29, 1.82) is 0 Å². The molecule has 0 unspecified atom stereocenters. The van der Waals surface area contributed by atoms with Crippen LogP contribution in [-0.2, 0) is 0 Å². The number of nitrogens with zero attached hydrogens (tertiary/aromatic N) is 2. The summed E-state index contributed by atoms with van der Waals surface area (Å²) in [5.41, 5.74) is 7.05. The highest BCUT2D eigenvalue weighted by Crippen LogP contribution is 2.42. The molecule has 0 atom stereocenters. The lowest BCUT2D eigenvalue weighted by molar-refractivity contribution is 0.657. The molecule has 0 N–H and O–H groups in total. The fourth-order valence-corrected chi connectivity index (χ4v) is 7.32. The van der Waals surface area contributed by atoms with Gasteiger partial charge in [-0.3, -0.25) is 0 Å². The molecule has 0 aliphatic heterocycles. The van der Waals surface area contributed by atoms with Crippen LogP contribution in [0.15, 0.2) is 150 Å². The second-order valence-electron chi connectivity index (χ2n) is 10.8. The van der Waals surface area contributed by atoms with E-state index in [1.807, 2.05) is 17.5 Å². The molecule has 4 heteroatoms. The second-order valence-corrected chi connectivity index (χ2v) is 11.9. The summed E-state index contributed by atoms with van der Waals surface area (Å²) in [5, 5.41) is 6.88. The van der Waals surface area contributed by atoms with Gasteiger partial charge in [0.25, 0.3) is 0 Å². The van der Waals surface area contributed by atoms with Gasteiger partial charge >= 0.3 is 0 Å². The van der Waals surface area contributed by atoms with Gasteiger partial charge in [-0.15, -0.1) is 11.3 Å². The maximum absolute atomic E-state index is 6.34. The van der Waals surface area contributed by atoms with Crippen LogP contribution in [0.1, 0.15) is 0 Å². The molecule has 0 aliphatic rings. The molecule has 6 aromatic carbocycles. The van der Waals surface area contributed by atoms with Gasteiger partial charge in [-0.2, -0.15) is 0 Å². The maximum Gasteiger partial charge on any atom is 0.227 e. The largest absolute Gasteiger partial charge is 0.437 e. The van der Waals surface area contributed by atoms with Gasteiger partial charge in [0, 0.05) is 42.3 Å². The lowest BCUT2D eigenvalue weighted by atomic mass is 10.0. The summed E-state index contributed by atoms with van der Waals surface area (Å²) in [6, 6.07) is 49.6. The molecule has 202 valence electrons. The van der Waals surface area contributed by atoms with Crippen molar-refractivity contribution in [2.45, 2.75) is 0 Å². The first-order chi connectivity index (χ1) is 21.3. The van der Waals surface area contributed by atoms with Crippen molar-refractivity contribution in [2.24, 2.45) is 0 Å². The third-order valence-corrected chi connectivity index (χ3v) is 9.47. The zero-order chi connectivity index (χ0) is 28.3. The van der Waals surface area contributed by atoms with Crippen molar-refractivity contribution in [3.05, 3.63) is 146 Å². The SMILES string of the molecule is c1ccc(-c2ccc(N(c3cnc4oc5c6ccccc6ccc5c4c3)c3ccc4sc5ccccc5c4c3)cc2)cc1. The smallest absolute Gasteiger partial charge is 0.227 e. The fourth-order valence-electron chi connectivity index (χ4n) is 6.23. The zero-order valence-electron chi connectivity index (χ0n) is 23.1. The summed E-state index contributed by atoms with van der Waals surface area (Å²) in [4.78, 5) is 7.16. The topological polar surface area (TPSA) is 29.3 Å². The summed E-state index contributed by atoms with van der Waals surface area (Å²) >= 11 is 1.84. The van der Waals surface area contributed by atoms with Crippen molar-refractivity contribution < 1.29 is 4.42 Å². The Labute approximate surface area is 251 Å². The molecule has 0 saturated carbocycles. The molecular formula is C39H24N2OS. The van der Waals surface area contributed by atoms with E-state index in [1.54, 1.807) is 0 Å². The molecule has 9 aromatic rings. The van der Waals surface area contributed by atoms with Crippen molar-refractivity contribution in [2.75, 3.05) is 4.90 Å². The average molecular weight is 569 g/mol. The van der Waals surface area contributed by atoms with Gasteiger partial charge < -0.3 is 9.32 Å². The predicted molar refractivity (Wildman–Crippen MR) is 182 cm³/mol. The van der Waals surface area contributed by atoms with E-state index in [9.17, 15) is 0 Å². The second kappa shape index (κ2) is 9.55. The Bertz CT molecular complexity index is 2460. The minimum absolute atomic E-state index is 0.647. The number of pyridine rings is 1. The molecule has 0 bridgehead atoms. The first kappa shape index (κ1) is 24.2. The number of hydrogen-bond donors (Lipinski definition) is 0. The summed E-state index contributed by atoms with van der Waals surface area (Å²) in [6.07, 6.45) is 1.92. The summed E-state index contributed by atoms with van der Waals surface area (Å²) in [7, 11) is 0. The molecule has 3 aromatic heterocycles. The van der Waals surface area contributed by atoms with Crippen molar-refractivity contribution in [3.8, 4) is 11.1 Å². The third-order valence-electron chi connectivity index (χ3n) is 8.31. The summed E-state index contributed by atoms with van der Waals surface area (Å²) in [6.45, 7) is 0. The van der Waals surface area contributed by atoms with Crippen LogP contribution in [0.25, 0.3) is 64.1 Å². The number of benzene rings is 6. The van der Waals surface area contributed by atoms with Crippen molar-refractivity contribution >= 4 is 81.4 Å². The molecule has 9 rings (SSSR count). The highest BCUT2D eigenvalue weighted by Gasteiger charge is 2.18. The molecule has 0 radical (unpaired) electrons. The molecule has 0 saturated heterocycles. The Morgan fingerprint density at radius 1 is 0.488 bits per heavy atom. The van der Waals surface area contributed by atoms with E-state index in [1.165, 1.54) is 31.3 Å². The lowest BCUT2D eigenvalue weighted by Gasteiger charge is -2.25. The number of aromatic nitrogens is 1. The van der Waals surface area contributed by atoms with Gasteiger partial charge in [-0.25, -0.2) is 4.98 Å². The van der Waals surface area contributed by atoms with E-state index >= 15 is 0 Å². The first-order valence-electron chi connectivity index (χ1n) is 14.4. The minimum Gasteiger partial charge on any atom is -0.437 e. The number of thiophene rings is 1. The fraction of sp³-hybridized carbons (Fsp3) is 0. The molecule has 3 heterocycles. The van der Waals surface area contributed by atoms with Crippen LogP contribution in [0.4, 0.5) is 17.1 Å². The van der Waals surface area contributed by atoms with Crippen LogP contribution in [0, 0.1) is 0 Å². The Hall–Kier alpha value is -5.45. The number of fused-ring (bicyclic) bond motifs is 8. The number of anilines is 3.